The minimum atomic E-state index is -0.514. The predicted octanol–water partition coefficient (Wildman–Crippen LogP) is 4.56. The van der Waals surface area contributed by atoms with Crippen molar-refractivity contribution in [2.24, 2.45) is 0 Å². The van der Waals surface area contributed by atoms with Gasteiger partial charge in [0.05, 0.1) is 29.5 Å². The third kappa shape index (κ3) is 2.26. The van der Waals surface area contributed by atoms with Gasteiger partial charge in [-0.3, -0.25) is 5.10 Å². The van der Waals surface area contributed by atoms with Gasteiger partial charge in [-0.05, 0) is 47.0 Å². The van der Waals surface area contributed by atoms with Crippen LogP contribution in [0.2, 0.25) is 0 Å². The van der Waals surface area contributed by atoms with Gasteiger partial charge in [0.25, 0.3) is 0 Å². The van der Waals surface area contributed by atoms with Crippen LogP contribution in [-0.4, -0.2) is 15.3 Å². The fourth-order valence-electron chi connectivity index (χ4n) is 3.71. The van der Waals surface area contributed by atoms with Gasteiger partial charge in [0, 0.05) is 17.0 Å². The van der Waals surface area contributed by atoms with Crippen molar-refractivity contribution in [3.05, 3.63) is 82.7 Å². The topological polar surface area (TPSA) is 85.8 Å². The molecule has 4 aromatic rings. The number of furan rings is 1. The van der Waals surface area contributed by atoms with E-state index in [9.17, 15) is 14.8 Å². The Bertz CT molecular complexity index is 1280. The van der Waals surface area contributed by atoms with Crippen molar-refractivity contribution >= 4 is 22.6 Å². The number of aromatic amines is 1. The Morgan fingerprint density at radius 1 is 1.22 bits per heavy atom. The number of aromatic hydroxyl groups is 1. The summed E-state index contributed by atoms with van der Waals surface area (Å²) >= 11 is 0. The Kier molecular flexibility index (Phi) is 3.18. The number of hydrogen-bond acceptors (Lipinski definition) is 4. The number of nitriles is 1. The third-order valence-corrected chi connectivity index (χ3v) is 4.92. The first-order valence-corrected chi connectivity index (χ1v) is 8.30. The zero-order valence-corrected chi connectivity index (χ0v) is 13.9. The number of allylic oxidation sites excluding steroid dienone is 1. The first kappa shape index (κ1) is 15.4. The molecule has 1 unspecified atom stereocenters. The zero-order chi connectivity index (χ0) is 18.5. The lowest BCUT2D eigenvalue weighted by Crippen LogP contribution is -2.02. The molecule has 5 nitrogen and oxygen atoms in total. The lowest BCUT2D eigenvalue weighted by molar-refractivity contribution is 0.466. The van der Waals surface area contributed by atoms with Crippen molar-refractivity contribution in [1.82, 2.24) is 10.2 Å². The van der Waals surface area contributed by atoms with Gasteiger partial charge in [0.15, 0.2) is 0 Å². The number of benzene rings is 2. The number of halogens is 1. The van der Waals surface area contributed by atoms with Gasteiger partial charge < -0.3 is 9.52 Å². The van der Waals surface area contributed by atoms with E-state index in [1.165, 1.54) is 12.3 Å². The van der Waals surface area contributed by atoms with Gasteiger partial charge in [0.1, 0.15) is 23.4 Å². The van der Waals surface area contributed by atoms with Crippen LogP contribution in [0.15, 0.2) is 53.3 Å². The number of rotatable bonds is 2. The maximum atomic E-state index is 14.5. The van der Waals surface area contributed by atoms with Crippen molar-refractivity contribution in [2.45, 2.75) is 5.92 Å². The summed E-state index contributed by atoms with van der Waals surface area (Å²) in [5.74, 6) is -0.740. The molecule has 0 aliphatic heterocycles. The number of nitrogens with one attached hydrogen (secondary N) is 1. The molecule has 6 heteroatoms. The van der Waals surface area contributed by atoms with Gasteiger partial charge in [-0.15, -0.1) is 0 Å². The van der Waals surface area contributed by atoms with Gasteiger partial charge in [-0.25, -0.2) is 4.39 Å². The van der Waals surface area contributed by atoms with E-state index >= 15 is 0 Å². The molecule has 0 amide bonds. The minimum Gasteiger partial charge on any atom is -0.508 e. The molecule has 0 spiro atoms. The van der Waals surface area contributed by atoms with E-state index in [0.717, 1.165) is 28.1 Å². The van der Waals surface area contributed by atoms with Crippen LogP contribution in [0.1, 0.15) is 33.9 Å². The summed E-state index contributed by atoms with van der Waals surface area (Å²) < 4.78 is 20.1. The quantitative estimate of drug-likeness (QED) is 0.551. The maximum Gasteiger partial charge on any atom is 0.134 e. The fourth-order valence-corrected chi connectivity index (χ4v) is 3.71. The van der Waals surface area contributed by atoms with E-state index in [4.69, 9.17) is 4.42 Å². The van der Waals surface area contributed by atoms with Crippen molar-refractivity contribution in [3.63, 3.8) is 0 Å². The first-order chi connectivity index (χ1) is 13.2. The molecule has 0 saturated carbocycles. The minimum absolute atomic E-state index is 0.166. The predicted molar refractivity (Wildman–Crippen MR) is 97.3 cm³/mol. The standard InChI is InChI=1S/C21H12FN3O2/c22-18-7-14(26)6-17-16(18)8-15(20(17)21-12(9-23)3-4-27-21)11-1-2-19-13(5-11)10-24-25-19/h1-8,10,20,26H,(H,24,25). The summed E-state index contributed by atoms with van der Waals surface area (Å²) in [6, 6.07) is 12.1. The van der Waals surface area contributed by atoms with Crippen molar-refractivity contribution in [2.75, 3.05) is 0 Å². The monoisotopic (exact) mass is 357 g/mol. The number of H-pyrrole nitrogens is 1. The SMILES string of the molecule is N#Cc1ccoc1C1C(c2ccc3[nH]ncc3c2)=Cc2c(F)cc(O)cc21. The Morgan fingerprint density at radius 2 is 2.11 bits per heavy atom. The second-order valence-electron chi connectivity index (χ2n) is 6.45. The molecular weight excluding hydrogens is 345 g/mol. The molecule has 1 aliphatic rings. The largest absolute Gasteiger partial charge is 0.508 e. The highest BCUT2D eigenvalue weighted by Crippen LogP contribution is 2.48. The second-order valence-corrected chi connectivity index (χ2v) is 6.45. The Morgan fingerprint density at radius 3 is 2.96 bits per heavy atom. The van der Waals surface area contributed by atoms with Crippen LogP contribution in [0.5, 0.6) is 5.75 Å². The summed E-state index contributed by atoms with van der Waals surface area (Å²) in [5, 5.41) is 27.2. The molecule has 0 bridgehead atoms. The first-order valence-electron chi connectivity index (χ1n) is 8.30. The smallest absolute Gasteiger partial charge is 0.134 e. The van der Waals surface area contributed by atoms with E-state index < -0.39 is 11.7 Å². The molecule has 0 fully saturated rings. The van der Waals surface area contributed by atoms with Crippen molar-refractivity contribution in [3.8, 4) is 11.8 Å². The Hall–Kier alpha value is -3.85. The highest BCUT2D eigenvalue weighted by molar-refractivity contribution is 5.96. The van der Waals surface area contributed by atoms with E-state index in [1.807, 2.05) is 18.2 Å². The molecule has 27 heavy (non-hydrogen) atoms. The van der Waals surface area contributed by atoms with Crippen LogP contribution >= 0.6 is 0 Å². The van der Waals surface area contributed by atoms with Crippen LogP contribution in [0.25, 0.3) is 22.6 Å². The molecule has 2 aromatic heterocycles. The van der Waals surface area contributed by atoms with Gasteiger partial charge in [-0.1, -0.05) is 6.07 Å². The molecule has 130 valence electrons. The molecule has 5 rings (SSSR count). The molecule has 0 saturated heterocycles. The highest BCUT2D eigenvalue weighted by Gasteiger charge is 2.34. The van der Waals surface area contributed by atoms with Crippen LogP contribution in [0.3, 0.4) is 0 Å². The van der Waals surface area contributed by atoms with Crippen molar-refractivity contribution < 1.29 is 13.9 Å². The Balaban J connectivity index is 1.77. The van der Waals surface area contributed by atoms with Crippen LogP contribution in [-0.2, 0) is 0 Å². The lowest BCUT2D eigenvalue weighted by Gasteiger charge is -2.16. The zero-order valence-electron chi connectivity index (χ0n) is 13.9. The molecule has 1 atom stereocenters. The summed E-state index contributed by atoms with van der Waals surface area (Å²) in [6.45, 7) is 0. The number of fused-ring (bicyclic) bond motifs is 2. The number of hydrogen-bond donors (Lipinski definition) is 2. The molecule has 2 heterocycles. The number of phenolic OH excluding ortho intramolecular Hbond substituents is 1. The van der Waals surface area contributed by atoms with Crippen molar-refractivity contribution in [1.29, 1.82) is 5.26 Å². The number of phenols is 1. The van der Waals surface area contributed by atoms with E-state index in [1.54, 1.807) is 18.3 Å². The lowest BCUT2D eigenvalue weighted by atomic mass is 9.87. The number of nitrogens with zero attached hydrogens (tertiary/aromatic N) is 2. The second kappa shape index (κ2) is 5.58. The summed E-state index contributed by atoms with van der Waals surface area (Å²) in [6.07, 6.45) is 4.91. The summed E-state index contributed by atoms with van der Waals surface area (Å²) in [5.41, 5.74) is 3.90. The average Bonchev–Trinajstić information content (AvgIpc) is 3.37. The van der Waals surface area contributed by atoms with Gasteiger partial charge in [-0.2, -0.15) is 10.4 Å². The van der Waals surface area contributed by atoms with Crippen LogP contribution in [0.4, 0.5) is 4.39 Å². The normalized spacial score (nSPS) is 15.6. The molecule has 0 radical (unpaired) electrons. The van der Waals surface area contributed by atoms with Crippen LogP contribution in [0, 0.1) is 17.1 Å². The van der Waals surface area contributed by atoms with E-state index in [0.29, 0.717) is 22.5 Å². The van der Waals surface area contributed by atoms with E-state index in [2.05, 4.69) is 16.3 Å². The van der Waals surface area contributed by atoms with E-state index in [-0.39, 0.29) is 5.75 Å². The van der Waals surface area contributed by atoms with Gasteiger partial charge in [0.2, 0.25) is 0 Å². The Labute approximate surface area is 153 Å². The average molecular weight is 357 g/mol. The number of aromatic nitrogens is 2. The van der Waals surface area contributed by atoms with Gasteiger partial charge >= 0.3 is 0 Å². The fraction of sp³-hybridized carbons (Fsp3) is 0.0476. The molecule has 2 N–H and O–H groups in total. The third-order valence-electron chi connectivity index (χ3n) is 4.92. The maximum absolute atomic E-state index is 14.5. The van der Waals surface area contributed by atoms with Crippen LogP contribution < -0.4 is 0 Å². The molecule has 2 aromatic carbocycles. The molecular formula is C21H12FN3O2. The summed E-state index contributed by atoms with van der Waals surface area (Å²) in [4.78, 5) is 0. The summed E-state index contributed by atoms with van der Waals surface area (Å²) in [7, 11) is 0. The highest BCUT2D eigenvalue weighted by atomic mass is 19.1. The molecule has 1 aliphatic carbocycles.